The predicted octanol–water partition coefficient (Wildman–Crippen LogP) is 2.34. The maximum absolute atomic E-state index is 12.0. The highest BCUT2D eigenvalue weighted by molar-refractivity contribution is 5.03. The van der Waals surface area contributed by atoms with Crippen molar-refractivity contribution in [2.45, 2.75) is 39.0 Å². The SMILES string of the molecule is CCCCNCc1cnn(CC(F)(F)F)c1. The fraction of sp³-hybridized carbons (Fsp3) is 0.700. The Hall–Kier alpha value is -1.04. The van der Waals surface area contributed by atoms with Gasteiger partial charge in [0.25, 0.3) is 0 Å². The van der Waals surface area contributed by atoms with Crippen LogP contribution in [0.4, 0.5) is 13.2 Å². The van der Waals surface area contributed by atoms with Crippen LogP contribution in [-0.4, -0.2) is 22.5 Å². The summed E-state index contributed by atoms with van der Waals surface area (Å²) >= 11 is 0. The van der Waals surface area contributed by atoms with Gasteiger partial charge in [0.2, 0.25) is 0 Å². The zero-order valence-electron chi connectivity index (χ0n) is 9.22. The zero-order chi connectivity index (χ0) is 12.0. The van der Waals surface area contributed by atoms with Crippen LogP contribution in [0.2, 0.25) is 0 Å². The van der Waals surface area contributed by atoms with Crippen LogP contribution in [-0.2, 0) is 13.1 Å². The van der Waals surface area contributed by atoms with Gasteiger partial charge in [-0.1, -0.05) is 13.3 Å². The summed E-state index contributed by atoms with van der Waals surface area (Å²) in [6.07, 6.45) is 0.840. The minimum atomic E-state index is -4.21. The number of hydrogen-bond donors (Lipinski definition) is 1. The van der Waals surface area contributed by atoms with Crippen molar-refractivity contribution < 1.29 is 13.2 Å². The predicted molar refractivity (Wildman–Crippen MR) is 54.9 cm³/mol. The van der Waals surface area contributed by atoms with Crippen molar-refractivity contribution in [1.29, 1.82) is 0 Å². The van der Waals surface area contributed by atoms with Crippen molar-refractivity contribution in [1.82, 2.24) is 15.1 Å². The van der Waals surface area contributed by atoms with E-state index < -0.39 is 12.7 Å². The number of hydrogen-bond acceptors (Lipinski definition) is 2. The summed E-state index contributed by atoms with van der Waals surface area (Å²) in [7, 11) is 0. The summed E-state index contributed by atoms with van der Waals surface area (Å²) in [6, 6.07) is 0. The van der Waals surface area contributed by atoms with Crippen LogP contribution in [0.1, 0.15) is 25.3 Å². The number of aromatic nitrogens is 2. The molecule has 1 aromatic heterocycles. The molecule has 0 aliphatic rings. The quantitative estimate of drug-likeness (QED) is 0.767. The Morgan fingerprint density at radius 2 is 2.19 bits per heavy atom. The molecule has 1 heterocycles. The summed E-state index contributed by atoms with van der Waals surface area (Å²) in [5.74, 6) is 0. The van der Waals surface area contributed by atoms with Gasteiger partial charge >= 0.3 is 6.18 Å². The van der Waals surface area contributed by atoms with Crippen molar-refractivity contribution >= 4 is 0 Å². The van der Waals surface area contributed by atoms with Gasteiger partial charge in [-0.2, -0.15) is 18.3 Å². The average molecular weight is 235 g/mol. The first-order chi connectivity index (χ1) is 7.51. The molecule has 1 aromatic rings. The van der Waals surface area contributed by atoms with Crippen LogP contribution < -0.4 is 5.32 Å². The molecule has 1 rings (SSSR count). The van der Waals surface area contributed by atoms with Crippen molar-refractivity contribution in [3.05, 3.63) is 18.0 Å². The molecule has 1 N–H and O–H groups in total. The van der Waals surface area contributed by atoms with Gasteiger partial charge in [0, 0.05) is 18.3 Å². The normalized spacial score (nSPS) is 12.0. The molecule has 0 saturated heterocycles. The number of nitrogens with zero attached hydrogens (tertiary/aromatic N) is 2. The lowest BCUT2D eigenvalue weighted by atomic mass is 10.3. The summed E-state index contributed by atoms with van der Waals surface area (Å²) < 4.78 is 37.0. The second-order valence-electron chi connectivity index (χ2n) is 3.69. The standard InChI is InChI=1S/C10H16F3N3/c1-2-3-4-14-5-9-6-15-16(7-9)8-10(11,12)13/h6-7,14H,2-5,8H2,1H3. The van der Waals surface area contributed by atoms with Crippen molar-refractivity contribution in [3.8, 4) is 0 Å². The fourth-order valence-corrected chi connectivity index (χ4v) is 1.30. The van der Waals surface area contributed by atoms with E-state index in [0.29, 0.717) is 6.54 Å². The highest BCUT2D eigenvalue weighted by Gasteiger charge is 2.28. The van der Waals surface area contributed by atoms with Gasteiger partial charge in [-0.15, -0.1) is 0 Å². The zero-order valence-corrected chi connectivity index (χ0v) is 9.22. The third-order valence-electron chi connectivity index (χ3n) is 2.06. The molecule has 0 bridgehead atoms. The van der Waals surface area contributed by atoms with Crippen LogP contribution in [0.25, 0.3) is 0 Å². The van der Waals surface area contributed by atoms with E-state index in [-0.39, 0.29) is 0 Å². The summed E-state index contributed by atoms with van der Waals surface area (Å²) in [4.78, 5) is 0. The monoisotopic (exact) mass is 235 g/mol. The molecule has 0 spiro atoms. The van der Waals surface area contributed by atoms with Crippen LogP contribution in [0.5, 0.6) is 0 Å². The van der Waals surface area contributed by atoms with Crippen LogP contribution in [0, 0.1) is 0 Å². The van der Waals surface area contributed by atoms with Crippen molar-refractivity contribution in [2.75, 3.05) is 6.54 Å². The molecule has 92 valence electrons. The van der Waals surface area contributed by atoms with E-state index in [2.05, 4.69) is 17.3 Å². The van der Waals surface area contributed by atoms with Gasteiger partial charge in [-0.25, -0.2) is 0 Å². The smallest absolute Gasteiger partial charge is 0.313 e. The molecule has 0 atom stereocenters. The van der Waals surface area contributed by atoms with Gasteiger partial charge in [-0.05, 0) is 13.0 Å². The molecule has 0 amide bonds. The Morgan fingerprint density at radius 1 is 1.44 bits per heavy atom. The minimum Gasteiger partial charge on any atom is -0.313 e. The van der Waals surface area contributed by atoms with Crippen molar-refractivity contribution in [2.24, 2.45) is 0 Å². The van der Waals surface area contributed by atoms with Crippen LogP contribution in [0.15, 0.2) is 12.4 Å². The van der Waals surface area contributed by atoms with E-state index in [1.54, 1.807) is 0 Å². The van der Waals surface area contributed by atoms with E-state index in [1.165, 1.54) is 12.4 Å². The number of nitrogens with one attached hydrogen (secondary N) is 1. The maximum atomic E-state index is 12.0. The molecule has 0 aromatic carbocycles. The van der Waals surface area contributed by atoms with E-state index in [0.717, 1.165) is 29.6 Å². The second-order valence-corrected chi connectivity index (χ2v) is 3.69. The molecule has 0 radical (unpaired) electrons. The Kier molecular flexibility index (Phi) is 4.79. The number of alkyl halides is 3. The van der Waals surface area contributed by atoms with Gasteiger partial charge in [0.05, 0.1) is 6.20 Å². The number of rotatable bonds is 6. The summed E-state index contributed by atoms with van der Waals surface area (Å²) in [6.45, 7) is 2.50. The first kappa shape index (κ1) is 13.0. The van der Waals surface area contributed by atoms with Gasteiger partial charge in [0.15, 0.2) is 0 Å². The molecular formula is C10H16F3N3. The Labute approximate surface area is 92.6 Å². The van der Waals surface area contributed by atoms with E-state index in [9.17, 15) is 13.2 Å². The fourth-order valence-electron chi connectivity index (χ4n) is 1.30. The third-order valence-corrected chi connectivity index (χ3v) is 2.06. The van der Waals surface area contributed by atoms with E-state index >= 15 is 0 Å². The van der Waals surface area contributed by atoms with Gasteiger partial charge in [0.1, 0.15) is 6.54 Å². The minimum absolute atomic E-state index is 0.567. The molecular weight excluding hydrogens is 219 g/mol. The molecule has 0 unspecified atom stereocenters. The molecule has 6 heteroatoms. The average Bonchev–Trinajstić information content (AvgIpc) is 2.58. The number of unbranched alkanes of at least 4 members (excludes halogenated alkanes) is 1. The topological polar surface area (TPSA) is 29.9 Å². The Balaban J connectivity index is 2.34. The van der Waals surface area contributed by atoms with Crippen LogP contribution in [0.3, 0.4) is 0 Å². The molecule has 0 fully saturated rings. The van der Waals surface area contributed by atoms with E-state index in [1.807, 2.05) is 0 Å². The molecule has 16 heavy (non-hydrogen) atoms. The highest BCUT2D eigenvalue weighted by Crippen LogP contribution is 2.16. The van der Waals surface area contributed by atoms with E-state index in [4.69, 9.17) is 0 Å². The summed E-state index contributed by atoms with van der Waals surface area (Å²) in [5, 5.41) is 6.80. The maximum Gasteiger partial charge on any atom is 0.408 e. The first-order valence-electron chi connectivity index (χ1n) is 5.30. The second kappa shape index (κ2) is 5.89. The van der Waals surface area contributed by atoms with Gasteiger partial charge < -0.3 is 5.32 Å². The lowest BCUT2D eigenvalue weighted by molar-refractivity contribution is -0.142. The largest absolute Gasteiger partial charge is 0.408 e. The third kappa shape index (κ3) is 5.16. The number of halogens is 3. The molecule has 0 saturated carbocycles. The molecule has 0 aliphatic heterocycles. The van der Waals surface area contributed by atoms with Crippen LogP contribution >= 0.6 is 0 Å². The lowest BCUT2D eigenvalue weighted by Crippen LogP contribution is -2.18. The van der Waals surface area contributed by atoms with Crippen molar-refractivity contribution in [3.63, 3.8) is 0 Å². The highest BCUT2D eigenvalue weighted by atomic mass is 19.4. The Morgan fingerprint density at radius 3 is 2.81 bits per heavy atom. The summed E-state index contributed by atoms with van der Waals surface area (Å²) in [5.41, 5.74) is 0.778. The van der Waals surface area contributed by atoms with Gasteiger partial charge in [-0.3, -0.25) is 4.68 Å². The lowest BCUT2D eigenvalue weighted by Gasteiger charge is -2.05. The molecule has 0 aliphatic carbocycles. The molecule has 3 nitrogen and oxygen atoms in total. The Bertz CT molecular complexity index is 307. The first-order valence-corrected chi connectivity index (χ1v) is 5.30.